The third-order valence-corrected chi connectivity index (χ3v) is 3.57. The number of hydrogen-bond donors (Lipinski definition) is 1. The molecule has 2 aromatic rings. The fourth-order valence-corrected chi connectivity index (χ4v) is 2.18. The van der Waals surface area contributed by atoms with Crippen LogP contribution in [0.2, 0.25) is 10.0 Å². The molecule has 0 bridgehead atoms. The molecule has 4 heteroatoms. The van der Waals surface area contributed by atoms with Crippen LogP contribution in [-0.4, -0.2) is 11.2 Å². The second-order valence-electron chi connectivity index (χ2n) is 4.81. The Labute approximate surface area is 128 Å². The van der Waals surface area contributed by atoms with Crippen molar-refractivity contribution in [3.63, 3.8) is 0 Å². The number of halogens is 2. The van der Waals surface area contributed by atoms with Crippen LogP contribution in [0.1, 0.15) is 31.1 Å². The van der Waals surface area contributed by atoms with Gasteiger partial charge in [0.05, 0.1) is 16.1 Å². The standard InChI is InChI=1S/C16H16Cl2O2/c1-10(2)20-13-6-3-11(4-7-13)16(19)12-5-8-14(17)15(18)9-12/h3-10,16,19H,1-2H3. The minimum absolute atomic E-state index is 0.126. The topological polar surface area (TPSA) is 29.5 Å². The number of ether oxygens (including phenoxy) is 1. The Hall–Kier alpha value is -1.22. The van der Waals surface area contributed by atoms with E-state index in [4.69, 9.17) is 27.9 Å². The van der Waals surface area contributed by atoms with Crippen LogP contribution < -0.4 is 4.74 Å². The van der Waals surface area contributed by atoms with Crippen LogP contribution in [0.25, 0.3) is 0 Å². The molecule has 2 rings (SSSR count). The van der Waals surface area contributed by atoms with Gasteiger partial charge in [-0.15, -0.1) is 0 Å². The van der Waals surface area contributed by atoms with E-state index in [2.05, 4.69) is 0 Å². The van der Waals surface area contributed by atoms with Crippen LogP contribution in [0.5, 0.6) is 5.75 Å². The molecule has 0 amide bonds. The Morgan fingerprint density at radius 2 is 1.50 bits per heavy atom. The highest BCUT2D eigenvalue weighted by Crippen LogP contribution is 2.29. The molecule has 1 N–H and O–H groups in total. The van der Waals surface area contributed by atoms with E-state index in [0.717, 1.165) is 11.3 Å². The summed E-state index contributed by atoms with van der Waals surface area (Å²) < 4.78 is 5.57. The summed E-state index contributed by atoms with van der Waals surface area (Å²) in [6.07, 6.45) is -0.612. The Morgan fingerprint density at radius 1 is 0.900 bits per heavy atom. The molecule has 1 atom stereocenters. The summed E-state index contributed by atoms with van der Waals surface area (Å²) in [6.45, 7) is 3.94. The monoisotopic (exact) mass is 310 g/mol. The van der Waals surface area contributed by atoms with Gasteiger partial charge < -0.3 is 9.84 Å². The number of rotatable bonds is 4. The predicted molar refractivity (Wildman–Crippen MR) is 82.7 cm³/mol. The van der Waals surface area contributed by atoms with Gasteiger partial charge >= 0.3 is 0 Å². The maximum absolute atomic E-state index is 10.3. The van der Waals surface area contributed by atoms with Crippen molar-refractivity contribution in [1.29, 1.82) is 0 Å². The second kappa shape index (κ2) is 6.49. The number of aliphatic hydroxyl groups is 1. The molecule has 20 heavy (non-hydrogen) atoms. The Balaban J connectivity index is 2.20. The lowest BCUT2D eigenvalue weighted by Crippen LogP contribution is -2.06. The van der Waals surface area contributed by atoms with E-state index in [1.165, 1.54) is 0 Å². The zero-order valence-corrected chi connectivity index (χ0v) is 12.8. The molecule has 106 valence electrons. The van der Waals surface area contributed by atoms with Crippen LogP contribution >= 0.6 is 23.2 Å². The molecule has 0 heterocycles. The summed E-state index contributed by atoms with van der Waals surface area (Å²) in [5.74, 6) is 0.782. The van der Waals surface area contributed by atoms with Gasteiger partial charge in [0.2, 0.25) is 0 Å². The van der Waals surface area contributed by atoms with Crippen LogP contribution in [0.3, 0.4) is 0 Å². The molecule has 2 nitrogen and oxygen atoms in total. The molecule has 0 aliphatic carbocycles. The van der Waals surface area contributed by atoms with E-state index >= 15 is 0 Å². The summed E-state index contributed by atoms with van der Waals surface area (Å²) >= 11 is 11.8. The third-order valence-electron chi connectivity index (χ3n) is 2.83. The molecule has 2 aromatic carbocycles. The van der Waals surface area contributed by atoms with E-state index in [9.17, 15) is 5.11 Å². The van der Waals surface area contributed by atoms with Gasteiger partial charge in [-0.1, -0.05) is 41.4 Å². The van der Waals surface area contributed by atoms with Crippen molar-refractivity contribution in [2.45, 2.75) is 26.1 Å². The molecule has 0 radical (unpaired) electrons. The molecule has 0 fully saturated rings. The first-order valence-electron chi connectivity index (χ1n) is 6.37. The van der Waals surface area contributed by atoms with Crippen LogP contribution in [-0.2, 0) is 0 Å². The van der Waals surface area contributed by atoms with E-state index in [0.29, 0.717) is 15.6 Å². The second-order valence-corrected chi connectivity index (χ2v) is 5.63. The van der Waals surface area contributed by atoms with Crippen molar-refractivity contribution in [2.75, 3.05) is 0 Å². The summed E-state index contributed by atoms with van der Waals surface area (Å²) in [5.41, 5.74) is 1.48. The van der Waals surface area contributed by atoms with E-state index in [1.807, 2.05) is 38.1 Å². The Morgan fingerprint density at radius 3 is 2.05 bits per heavy atom. The average Bonchev–Trinajstić information content (AvgIpc) is 2.41. The first-order valence-corrected chi connectivity index (χ1v) is 7.12. The normalized spacial score (nSPS) is 12.5. The maximum atomic E-state index is 10.3. The maximum Gasteiger partial charge on any atom is 0.119 e. The fraction of sp³-hybridized carbons (Fsp3) is 0.250. The van der Waals surface area contributed by atoms with E-state index in [1.54, 1.807) is 18.2 Å². The molecular weight excluding hydrogens is 295 g/mol. The highest BCUT2D eigenvalue weighted by Gasteiger charge is 2.12. The Kier molecular flexibility index (Phi) is 4.92. The molecule has 0 saturated carbocycles. The van der Waals surface area contributed by atoms with Crippen molar-refractivity contribution >= 4 is 23.2 Å². The van der Waals surface area contributed by atoms with Crippen molar-refractivity contribution in [3.05, 3.63) is 63.6 Å². The van der Waals surface area contributed by atoms with E-state index < -0.39 is 6.10 Å². The number of hydrogen-bond acceptors (Lipinski definition) is 2. The number of aliphatic hydroxyl groups excluding tert-OH is 1. The average molecular weight is 311 g/mol. The van der Waals surface area contributed by atoms with Crippen molar-refractivity contribution in [3.8, 4) is 5.75 Å². The Bertz CT molecular complexity index is 580. The largest absolute Gasteiger partial charge is 0.491 e. The van der Waals surface area contributed by atoms with Crippen molar-refractivity contribution < 1.29 is 9.84 Å². The lowest BCUT2D eigenvalue weighted by Gasteiger charge is -2.14. The van der Waals surface area contributed by atoms with Gasteiger partial charge in [0.25, 0.3) is 0 Å². The molecule has 1 unspecified atom stereocenters. The van der Waals surface area contributed by atoms with Gasteiger partial charge in [0.15, 0.2) is 0 Å². The van der Waals surface area contributed by atoms with Gasteiger partial charge in [-0.3, -0.25) is 0 Å². The van der Waals surface area contributed by atoms with Gasteiger partial charge in [0.1, 0.15) is 11.9 Å². The van der Waals surface area contributed by atoms with Crippen LogP contribution in [0.15, 0.2) is 42.5 Å². The van der Waals surface area contributed by atoms with Crippen molar-refractivity contribution in [1.82, 2.24) is 0 Å². The fourth-order valence-electron chi connectivity index (χ4n) is 1.88. The first-order chi connectivity index (χ1) is 9.47. The lowest BCUT2D eigenvalue weighted by atomic mass is 10.0. The molecule has 0 aliphatic rings. The molecule has 0 aromatic heterocycles. The third kappa shape index (κ3) is 3.66. The lowest BCUT2D eigenvalue weighted by molar-refractivity contribution is 0.219. The van der Waals surface area contributed by atoms with E-state index in [-0.39, 0.29) is 6.10 Å². The zero-order chi connectivity index (χ0) is 14.7. The van der Waals surface area contributed by atoms with Crippen LogP contribution in [0.4, 0.5) is 0 Å². The predicted octanol–water partition coefficient (Wildman–Crippen LogP) is 4.86. The molecule has 0 saturated heterocycles. The summed E-state index contributed by atoms with van der Waals surface area (Å²) in [7, 11) is 0. The van der Waals surface area contributed by atoms with Gasteiger partial charge in [-0.05, 0) is 49.2 Å². The van der Waals surface area contributed by atoms with Crippen molar-refractivity contribution in [2.24, 2.45) is 0 Å². The minimum atomic E-state index is -0.738. The van der Waals surface area contributed by atoms with Crippen LogP contribution in [0, 0.1) is 0 Å². The highest BCUT2D eigenvalue weighted by molar-refractivity contribution is 6.42. The van der Waals surface area contributed by atoms with Gasteiger partial charge in [0, 0.05) is 0 Å². The van der Waals surface area contributed by atoms with Gasteiger partial charge in [-0.25, -0.2) is 0 Å². The van der Waals surface area contributed by atoms with Gasteiger partial charge in [-0.2, -0.15) is 0 Å². The quantitative estimate of drug-likeness (QED) is 0.873. The summed E-state index contributed by atoms with van der Waals surface area (Å²) in [4.78, 5) is 0. The molecule has 0 aliphatic heterocycles. The SMILES string of the molecule is CC(C)Oc1ccc(C(O)c2ccc(Cl)c(Cl)c2)cc1. The first kappa shape index (κ1) is 15.2. The smallest absolute Gasteiger partial charge is 0.119 e. The number of benzene rings is 2. The zero-order valence-electron chi connectivity index (χ0n) is 11.3. The minimum Gasteiger partial charge on any atom is -0.491 e. The summed E-state index contributed by atoms with van der Waals surface area (Å²) in [5, 5.41) is 11.2. The molecule has 0 spiro atoms. The highest BCUT2D eigenvalue weighted by atomic mass is 35.5. The summed E-state index contributed by atoms with van der Waals surface area (Å²) in [6, 6.07) is 12.5. The molecular formula is C16H16Cl2O2.